The predicted octanol–water partition coefficient (Wildman–Crippen LogP) is 3.28. The number of hydrogen-bond donors (Lipinski definition) is 1. The van der Waals surface area contributed by atoms with Crippen molar-refractivity contribution in [3.8, 4) is 0 Å². The Morgan fingerprint density at radius 2 is 1.83 bits per heavy atom. The second kappa shape index (κ2) is 6.14. The molecule has 0 aliphatic carbocycles. The van der Waals surface area contributed by atoms with E-state index in [1.165, 1.54) is 0 Å². The average Bonchev–Trinajstić information content (AvgIpc) is 2.25. The molecule has 0 atom stereocenters. The number of halogens is 2. The van der Waals surface area contributed by atoms with Gasteiger partial charge in [-0.3, -0.25) is 0 Å². The van der Waals surface area contributed by atoms with Crippen LogP contribution in [0.1, 0.15) is 26.3 Å². The monoisotopic (exact) mass is 256 g/mol. The molecule has 0 saturated heterocycles. The van der Waals surface area contributed by atoms with Gasteiger partial charge < -0.3 is 10.2 Å². The zero-order chi connectivity index (χ0) is 13.8. The molecule has 0 amide bonds. The first-order valence-electron chi connectivity index (χ1n) is 6.12. The van der Waals surface area contributed by atoms with Crippen LogP contribution < -0.4 is 10.2 Å². The van der Waals surface area contributed by atoms with Crippen LogP contribution in [0.3, 0.4) is 0 Å². The van der Waals surface area contributed by atoms with Crippen LogP contribution in [-0.2, 0) is 6.54 Å². The molecule has 0 spiro atoms. The minimum atomic E-state index is -2.32. The van der Waals surface area contributed by atoms with Gasteiger partial charge in [-0.25, -0.2) is 8.78 Å². The molecular weight excluding hydrogens is 234 g/mol. The number of nitrogens with one attached hydrogen (secondary N) is 1. The number of hydrogen-bond acceptors (Lipinski definition) is 2. The largest absolute Gasteiger partial charge is 0.369 e. The number of rotatable bonds is 5. The molecule has 0 aliphatic rings. The van der Waals surface area contributed by atoms with Crippen LogP contribution in [0, 0.1) is 0 Å². The molecule has 0 radical (unpaired) electrons. The van der Waals surface area contributed by atoms with E-state index in [2.05, 4.69) is 26.1 Å². The molecule has 4 heteroatoms. The van der Waals surface area contributed by atoms with Crippen molar-refractivity contribution in [2.45, 2.75) is 39.3 Å². The molecule has 0 aliphatic heterocycles. The van der Waals surface area contributed by atoms with Gasteiger partial charge in [0.2, 0.25) is 0 Å². The third kappa shape index (κ3) is 5.00. The first-order chi connectivity index (χ1) is 8.29. The molecule has 1 N–H and O–H groups in total. The second-order valence-electron chi connectivity index (χ2n) is 5.50. The average molecular weight is 256 g/mol. The molecule has 2 nitrogen and oxygen atoms in total. The summed E-state index contributed by atoms with van der Waals surface area (Å²) in [5, 5.41) is 3.37. The van der Waals surface area contributed by atoms with Crippen molar-refractivity contribution in [2.75, 3.05) is 18.5 Å². The molecule has 0 saturated carbocycles. The maximum absolute atomic E-state index is 12.4. The molecule has 1 rings (SSSR count). The van der Waals surface area contributed by atoms with Gasteiger partial charge in [-0.1, -0.05) is 18.2 Å². The lowest BCUT2D eigenvalue weighted by molar-refractivity contribution is 0.156. The Hall–Kier alpha value is -1.16. The highest BCUT2D eigenvalue weighted by molar-refractivity contribution is 5.53. The second-order valence-corrected chi connectivity index (χ2v) is 5.50. The Morgan fingerprint density at radius 3 is 2.39 bits per heavy atom. The normalized spacial score (nSPS) is 11.9. The SMILES string of the molecule is CN(CC(F)F)c1ccccc1CNC(C)(C)C. The highest BCUT2D eigenvalue weighted by Gasteiger charge is 2.14. The van der Waals surface area contributed by atoms with E-state index in [0.717, 1.165) is 11.3 Å². The third-order valence-corrected chi connectivity index (χ3v) is 2.62. The lowest BCUT2D eigenvalue weighted by Crippen LogP contribution is -2.35. The van der Waals surface area contributed by atoms with E-state index in [-0.39, 0.29) is 12.1 Å². The van der Waals surface area contributed by atoms with Gasteiger partial charge in [0.15, 0.2) is 0 Å². The van der Waals surface area contributed by atoms with E-state index in [4.69, 9.17) is 0 Å². The van der Waals surface area contributed by atoms with Crippen molar-refractivity contribution in [2.24, 2.45) is 0 Å². The van der Waals surface area contributed by atoms with Gasteiger partial charge in [0.25, 0.3) is 6.43 Å². The molecule has 0 fully saturated rings. The van der Waals surface area contributed by atoms with Crippen LogP contribution in [0.25, 0.3) is 0 Å². The molecular formula is C14H22F2N2. The summed E-state index contributed by atoms with van der Waals surface area (Å²) >= 11 is 0. The fourth-order valence-corrected chi connectivity index (χ4v) is 1.70. The molecule has 102 valence electrons. The molecule has 0 heterocycles. The molecule has 1 aromatic rings. The molecule has 1 aromatic carbocycles. The van der Waals surface area contributed by atoms with Crippen molar-refractivity contribution in [1.82, 2.24) is 5.32 Å². The third-order valence-electron chi connectivity index (χ3n) is 2.62. The Balaban J connectivity index is 2.79. The van der Waals surface area contributed by atoms with Crippen molar-refractivity contribution in [1.29, 1.82) is 0 Å². The maximum atomic E-state index is 12.4. The Morgan fingerprint density at radius 1 is 1.22 bits per heavy atom. The number of nitrogens with zero attached hydrogens (tertiary/aromatic N) is 1. The summed E-state index contributed by atoms with van der Waals surface area (Å²) in [6, 6.07) is 7.65. The van der Waals surface area contributed by atoms with Gasteiger partial charge in [-0.2, -0.15) is 0 Å². The van der Waals surface area contributed by atoms with E-state index < -0.39 is 6.43 Å². The highest BCUT2D eigenvalue weighted by atomic mass is 19.3. The van der Waals surface area contributed by atoms with Gasteiger partial charge in [-0.05, 0) is 32.4 Å². The zero-order valence-electron chi connectivity index (χ0n) is 11.5. The minimum absolute atomic E-state index is 0.00833. The van der Waals surface area contributed by atoms with Gasteiger partial charge in [0.1, 0.15) is 0 Å². The van der Waals surface area contributed by atoms with E-state index in [9.17, 15) is 8.78 Å². The van der Waals surface area contributed by atoms with Crippen LogP contribution >= 0.6 is 0 Å². The van der Waals surface area contributed by atoms with Gasteiger partial charge in [0.05, 0.1) is 6.54 Å². The lowest BCUT2D eigenvalue weighted by Gasteiger charge is -2.25. The Bertz CT molecular complexity index is 372. The van der Waals surface area contributed by atoms with Crippen molar-refractivity contribution in [3.63, 3.8) is 0 Å². The minimum Gasteiger partial charge on any atom is -0.369 e. The van der Waals surface area contributed by atoms with Crippen LogP contribution in [-0.4, -0.2) is 25.6 Å². The van der Waals surface area contributed by atoms with Crippen molar-refractivity contribution >= 4 is 5.69 Å². The van der Waals surface area contributed by atoms with Gasteiger partial charge in [-0.15, -0.1) is 0 Å². The van der Waals surface area contributed by atoms with Crippen LogP contribution in [0.15, 0.2) is 24.3 Å². The quantitative estimate of drug-likeness (QED) is 0.869. The van der Waals surface area contributed by atoms with Crippen LogP contribution in [0.5, 0.6) is 0 Å². The Kier molecular flexibility index (Phi) is 5.08. The number of alkyl halides is 2. The summed E-state index contributed by atoms with van der Waals surface area (Å²) in [6.07, 6.45) is -2.32. The topological polar surface area (TPSA) is 15.3 Å². The summed E-state index contributed by atoms with van der Waals surface area (Å²) in [7, 11) is 1.70. The molecule has 0 aromatic heterocycles. The first kappa shape index (κ1) is 14.9. The lowest BCUT2D eigenvalue weighted by atomic mass is 10.1. The van der Waals surface area contributed by atoms with Crippen LogP contribution in [0.4, 0.5) is 14.5 Å². The van der Waals surface area contributed by atoms with Gasteiger partial charge >= 0.3 is 0 Å². The summed E-state index contributed by atoms with van der Waals surface area (Å²) in [5.41, 5.74) is 1.90. The maximum Gasteiger partial charge on any atom is 0.255 e. The zero-order valence-corrected chi connectivity index (χ0v) is 11.5. The highest BCUT2D eigenvalue weighted by Crippen LogP contribution is 2.20. The summed E-state index contributed by atoms with van der Waals surface area (Å²) in [5.74, 6) is 0. The van der Waals surface area contributed by atoms with Gasteiger partial charge in [0, 0.05) is 24.8 Å². The summed E-state index contributed by atoms with van der Waals surface area (Å²) < 4.78 is 24.8. The van der Waals surface area contributed by atoms with Crippen LogP contribution in [0.2, 0.25) is 0 Å². The fraction of sp³-hybridized carbons (Fsp3) is 0.571. The number of benzene rings is 1. The predicted molar refractivity (Wildman–Crippen MR) is 72.3 cm³/mol. The van der Waals surface area contributed by atoms with E-state index >= 15 is 0 Å². The smallest absolute Gasteiger partial charge is 0.255 e. The molecule has 0 unspecified atom stereocenters. The summed E-state index contributed by atoms with van der Waals surface area (Å²) in [6.45, 7) is 6.68. The Labute approximate surface area is 108 Å². The van der Waals surface area contributed by atoms with E-state index in [0.29, 0.717) is 6.54 Å². The van der Waals surface area contributed by atoms with E-state index in [1.807, 2.05) is 24.3 Å². The molecule has 18 heavy (non-hydrogen) atoms. The van der Waals surface area contributed by atoms with E-state index in [1.54, 1.807) is 11.9 Å². The number of para-hydroxylation sites is 1. The summed E-state index contributed by atoms with van der Waals surface area (Å²) in [4.78, 5) is 1.60. The van der Waals surface area contributed by atoms with Crippen molar-refractivity contribution < 1.29 is 8.78 Å². The standard InChI is InChI=1S/C14H22F2N2/c1-14(2,3)17-9-11-7-5-6-8-12(11)18(4)10-13(15)16/h5-8,13,17H,9-10H2,1-4H3. The number of anilines is 1. The molecule has 0 bridgehead atoms. The van der Waals surface area contributed by atoms with Crippen molar-refractivity contribution in [3.05, 3.63) is 29.8 Å². The fourth-order valence-electron chi connectivity index (χ4n) is 1.70. The first-order valence-corrected chi connectivity index (χ1v) is 6.12.